The number of nitrogens with two attached hydrogens (primary N) is 1. The zero-order chi connectivity index (χ0) is 10.1. The van der Waals surface area contributed by atoms with Gasteiger partial charge in [0.1, 0.15) is 0 Å². The van der Waals surface area contributed by atoms with Crippen LogP contribution in [-0.4, -0.2) is 18.6 Å². The highest BCUT2D eigenvalue weighted by molar-refractivity contribution is 5.86. The summed E-state index contributed by atoms with van der Waals surface area (Å²) in [5.41, 5.74) is 5.56. The average Bonchev–Trinajstić information content (AvgIpc) is 1.86. The van der Waals surface area contributed by atoms with Crippen LogP contribution in [0.1, 0.15) is 27.7 Å². The quantitative estimate of drug-likeness (QED) is 0.508. The van der Waals surface area contributed by atoms with E-state index in [9.17, 15) is 4.79 Å². The number of esters is 1. The summed E-state index contributed by atoms with van der Waals surface area (Å²) in [6.07, 6.45) is 0. The Morgan fingerprint density at radius 2 is 1.92 bits per heavy atom. The molecule has 0 radical (unpaired) electrons. The van der Waals surface area contributed by atoms with Crippen molar-refractivity contribution in [2.45, 2.75) is 33.7 Å². The van der Waals surface area contributed by atoms with E-state index in [1.807, 2.05) is 13.8 Å². The smallest absolute Gasteiger partial charge is 0.333 e. The third-order valence-electron chi connectivity index (χ3n) is 0.624. The number of hydrogen-bond donors (Lipinski definition) is 1. The summed E-state index contributed by atoms with van der Waals surface area (Å²) in [5.74, 6) is -0.312. The lowest BCUT2D eigenvalue weighted by molar-refractivity contribution is -0.138. The molecule has 0 unspecified atom stereocenters. The van der Waals surface area contributed by atoms with Crippen LogP contribution in [0.25, 0.3) is 0 Å². The summed E-state index contributed by atoms with van der Waals surface area (Å²) in [5, 5.41) is 0. The predicted octanol–water partition coefficient (Wildman–Crippen LogP) is 1.48. The Morgan fingerprint density at radius 1 is 1.58 bits per heavy atom. The van der Waals surface area contributed by atoms with Crippen molar-refractivity contribution in [2.24, 2.45) is 5.73 Å². The third-order valence-corrected chi connectivity index (χ3v) is 0.624. The van der Waals surface area contributed by atoms with Gasteiger partial charge in [0.15, 0.2) is 0 Å². The highest BCUT2D eigenvalue weighted by atomic mass is 16.5. The molecule has 0 heterocycles. The second-order valence-electron chi connectivity index (χ2n) is 2.74. The molecule has 0 aromatic carbocycles. The minimum atomic E-state index is -0.312. The number of carbonyl (C=O) groups is 1. The van der Waals surface area contributed by atoms with Crippen LogP contribution in [-0.2, 0) is 9.53 Å². The van der Waals surface area contributed by atoms with Gasteiger partial charge in [-0.05, 0) is 19.9 Å². The van der Waals surface area contributed by atoms with Gasteiger partial charge in [0.2, 0.25) is 0 Å². The average molecular weight is 173 g/mol. The predicted molar refractivity (Wildman–Crippen MR) is 50.8 cm³/mol. The first kappa shape index (κ1) is 13.7. The van der Waals surface area contributed by atoms with Gasteiger partial charge >= 0.3 is 5.97 Å². The molecule has 0 aliphatic heterocycles. The van der Waals surface area contributed by atoms with Crippen LogP contribution >= 0.6 is 0 Å². The van der Waals surface area contributed by atoms with Crippen molar-refractivity contribution in [2.75, 3.05) is 6.61 Å². The van der Waals surface area contributed by atoms with Crippen LogP contribution < -0.4 is 5.73 Å². The Hall–Kier alpha value is -0.830. The van der Waals surface area contributed by atoms with Gasteiger partial charge in [0.25, 0.3) is 0 Å². The largest absolute Gasteiger partial charge is 0.463 e. The first-order valence-electron chi connectivity index (χ1n) is 4.00. The molecule has 0 aromatic rings. The third kappa shape index (κ3) is 16.1. The summed E-state index contributed by atoms with van der Waals surface area (Å²) < 4.78 is 4.56. The molecule has 0 aromatic heterocycles. The lowest BCUT2D eigenvalue weighted by atomic mass is 10.4. The van der Waals surface area contributed by atoms with E-state index < -0.39 is 0 Å². The minimum absolute atomic E-state index is 0.312. The molecule has 0 bridgehead atoms. The van der Waals surface area contributed by atoms with Crippen molar-refractivity contribution < 1.29 is 9.53 Å². The van der Waals surface area contributed by atoms with Crippen LogP contribution in [0.3, 0.4) is 0 Å². The van der Waals surface area contributed by atoms with E-state index in [2.05, 4.69) is 11.3 Å². The van der Waals surface area contributed by atoms with Crippen molar-refractivity contribution in [1.29, 1.82) is 0 Å². The van der Waals surface area contributed by atoms with E-state index in [-0.39, 0.29) is 5.97 Å². The van der Waals surface area contributed by atoms with Crippen LogP contribution in [0.5, 0.6) is 0 Å². The molecule has 0 aliphatic rings. The molecule has 0 saturated carbocycles. The van der Waals surface area contributed by atoms with Crippen LogP contribution in [0.4, 0.5) is 0 Å². The lowest BCUT2D eigenvalue weighted by Gasteiger charge is -1.96. The molecule has 0 spiro atoms. The number of hydrogen-bond acceptors (Lipinski definition) is 3. The Labute approximate surface area is 74.6 Å². The number of carbonyl (C=O) groups excluding carboxylic acids is 1. The highest BCUT2D eigenvalue weighted by Crippen LogP contribution is 1.89. The van der Waals surface area contributed by atoms with E-state index in [0.717, 1.165) is 0 Å². The van der Waals surface area contributed by atoms with Gasteiger partial charge in [-0.2, -0.15) is 0 Å². The van der Waals surface area contributed by atoms with Crippen LogP contribution in [0, 0.1) is 0 Å². The highest BCUT2D eigenvalue weighted by Gasteiger charge is 1.98. The number of rotatable bonds is 2. The van der Waals surface area contributed by atoms with Gasteiger partial charge in [0, 0.05) is 5.57 Å². The topological polar surface area (TPSA) is 52.3 Å². The fraction of sp³-hybridized carbons (Fsp3) is 0.667. The molecule has 0 aliphatic carbocycles. The van der Waals surface area contributed by atoms with Gasteiger partial charge < -0.3 is 10.5 Å². The van der Waals surface area contributed by atoms with E-state index in [4.69, 9.17) is 5.73 Å². The van der Waals surface area contributed by atoms with Crippen molar-refractivity contribution in [1.82, 2.24) is 0 Å². The normalized spacial score (nSPS) is 8.50. The second kappa shape index (κ2) is 8.27. The summed E-state index contributed by atoms with van der Waals surface area (Å²) in [4.78, 5) is 10.4. The summed E-state index contributed by atoms with van der Waals surface area (Å²) in [6, 6.07) is 0.333. The minimum Gasteiger partial charge on any atom is -0.463 e. The van der Waals surface area contributed by atoms with E-state index >= 15 is 0 Å². The molecule has 0 fully saturated rings. The second-order valence-corrected chi connectivity index (χ2v) is 2.74. The molecule has 72 valence electrons. The van der Waals surface area contributed by atoms with E-state index in [0.29, 0.717) is 18.2 Å². The molecule has 0 saturated heterocycles. The molecular formula is C9H19NO2. The molecular weight excluding hydrogens is 154 g/mol. The molecule has 0 rings (SSSR count). The molecule has 2 N–H and O–H groups in total. The zero-order valence-electron chi connectivity index (χ0n) is 8.39. The maximum atomic E-state index is 10.4. The maximum Gasteiger partial charge on any atom is 0.333 e. The van der Waals surface area contributed by atoms with Crippen LogP contribution in [0.2, 0.25) is 0 Å². The van der Waals surface area contributed by atoms with E-state index in [1.54, 1.807) is 13.8 Å². The van der Waals surface area contributed by atoms with E-state index in [1.165, 1.54) is 0 Å². The van der Waals surface area contributed by atoms with Crippen molar-refractivity contribution >= 4 is 5.97 Å². The van der Waals surface area contributed by atoms with Gasteiger partial charge in [0.05, 0.1) is 6.61 Å². The van der Waals surface area contributed by atoms with Gasteiger partial charge in [-0.15, -0.1) is 0 Å². The summed E-state index contributed by atoms with van der Waals surface area (Å²) >= 11 is 0. The van der Waals surface area contributed by atoms with Gasteiger partial charge in [-0.1, -0.05) is 20.4 Å². The monoisotopic (exact) mass is 173 g/mol. The zero-order valence-corrected chi connectivity index (χ0v) is 8.39. The van der Waals surface area contributed by atoms with Crippen molar-refractivity contribution in [3.05, 3.63) is 12.2 Å². The summed E-state index contributed by atoms with van der Waals surface area (Å²) in [6.45, 7) is 11.1. The Balaban J connectivity index is 0. The molecule has 12 heavy (non-hydrogen) atoms. The van der Waals surface area contributed by atoms with Gasteiger partial charge in [-0.3, -0.25) is 0 Å². The first-order chi connectivity index (χ1) is 5.41. The molecule has 0 amide bonds. The van der Waals surface area contributed by atoms with Crippen molar-refractivity contribution in [3.8, 4) is 0 Å². The van der Waals surface area contributed by atoms with Crippen molar-refractivity contribution in [3.63, 3.8) is 0 Å². The molecule has 3 heteroatoms. The van der Waals surface area contributed by atoms with Gasteiger partial charge in [-0.25, -0.2) is 4.79 Å². The molecule has 3 nitrogen and oxygen atoms in total. The fourth-order valence-corrected chi connectivity index (χ4v) is 0.254. The summed E-state index contributed by atoms with van der Waals surface area (Å²) in [7, 11) is 0. The standard InChI is InChI=1S/C6H10O2.C3H9N/c1-4-8-6(7)5(2)3;1-3(2)4/h2,4H2,1,3H3;3H,4H2,1-2H3. The van der Waals surface area contributed by atoms with Crippen LogP contribution in [0.15, 0.2) is 12.2 Å². The number of ether oxygens (including phenoxy) is 1. The SMILES string of the molecule is C=C(C)C(=O)OCC.CC(C)N. The first-order valence-corrected chi connectivity index (χ1v) is 4.00. The Kier molecular flexibility index (Phi) is 9.47. The Bertz CT molecular complexity index is 139. The molecule has 0 atom stereocenters. The lowest BCUT2D eigenvalue weighted by Crippen LogP contribution is -2.06. The fourth-order valence-electron chi connectivity index (χ4n) is 0.254. The Morgan fingerprint density at radius 3 is 2.00 bits per heavy atom. The maximum absolute atomic E-state index is 10.4.